The molecule has 2 unspecified atom stereocenters. The molecule has 24 heavy (non-hydrogen) atoms. The van der Waals surface area contributed by atoms with Crippen LogP contribution < -0.4 is 5.73 Å². The molecule has 0 radical (unpaired) electrons. The highest BCUT2D eigenvalue weighted by Gasteiger charge is 2.33. The first-order valence-electron chi connectivity index (χ1n) is 8.03. The van der Waals surface area contributed by atoms with Gasteiger partial charge in [-0.2, -0.15) is 0 Å². The van der Waals surface area contributed by atoms with Crippen LogP contribution in [-0.2, 0) is 4.74 Å². The monoisotopic (exact) mass is 326 g/mol. The Bertz CT molecular complexity index is 762. The van der Waals surface area contributed by atoms with Crippen molar-refractivity contribution in [2.24, 2.45) is 0 Å². The summed E-state index contributed by atoms with van der Waals surface area (Å²) in [5, 5.41) is 0. The largest absolute Gasteiger partial charge is 0.382 e. The van der Waals surface area contributed by atoms with Gasteiger partial charge >= 0.3 is 0 Å². The highest BCUT2D eigenvalue weighted by molar-refractivity contribution is 5.96. The van der Waals surface area contributed by atoms with Gasteiger partial charge < -0.3 is 15.4 Å². The normalized spacial score (nSPS) is 20.9. The van der Waals surface area contributed by atoms with Crippen LogP contribution in [0, 0.1) is 13.8 Å². The van der Waals surface area contributed by atoms with Crippen LogP contribution in [0.2, 0.25) is 0 Å². The predicted octanol–water partition coefficient (Wildman–Crippen LogP) is 2.28. The third-order valence-electron chi connectivity index (χ3n) is 4.40. The van der Waals surface area contributed by atoms with Crippen molar-refractivity contribution in [1.29, 1.82) is 0 Å². The molecule has 126 valence electrons. The maximum atomic E-state index is 12.8. The molecule has 1 aromatic heterocycles. The standard InChI is InChI=1S/C18H22N4O2/c1-11-4-5-12(2)14(8-11)15-9-22(13(3)10-24-15)18(23)16-17(19)21-7-6-20-16/h4-8,13,15H,9-10H2,1-3H3,(H2,19,21). The molecule has 6 nitrogen and oxygen atoms in total. The number of carbonyl (C=O) groups is 1. The molecule has 2 heterocycles. The van der Waals surface area contributed by atoms with Crippen molar-refractivity contribution >= 4 is 11.7 Å². The second-order valence-corrected chi connectivity index (χ2v) is 6.28. The van der Waals surface area contributed by atoms with E-state index in [0.29, 0.717) is 13.2 Å². The Morgan fingerprint density at radius 3 is 2.79 bits per heavy atom. The number of benzene rings is 1. The number of rotatable bonds is 2. The first-order chi connectivity index (χ1) is 11.5. The lowest BCUT2D eigenvalue weighted by Gasteiger charge is -2.38. The summed E-state index contributed by atoms with van der Waals surface area (Å²) in [6, 6.07) is 6.24. The summed E-state index contributed by atoms with van der Waals surface area (Å²) < 4.78 is 6.00. The fourth-order valence-corrected chi connectivity index (χ4v) is 2.98. The van der Waals surface area contributed by atoms with E-state index >= 15 is 0 Å². The van der Waals surface area contributed by atoms with Gasteiger partial charge in [-0.1, -0.05) is 23.8 Å². The number of hydrogen-bond acceptors (Lipinski definition) is 5. The summed E-state index contributed by atoms with van der Waals surface area (Å²) in [4.78, 5) is 22.7. The van der Waals surface area contributed by atoms with Crippen molar-refractivity contribution in [3.63, 3.8) is 0 Å². The van der Waals surface area contributed by atoms with Crippen LogP contribution in [-0.4, -0.2) is 40.0 Å². The van der Waals surface area contributed by atoms with Gasteiger partial charge in [-0.25, -0.2) is 9.97 Å². The van der Waals surface area contributed by atoms with E-state index in [1.165, 1.54) is 18.0 Å². The highest BCUT2D eigenvalue weighted by atomic mass is 16.5. The summed E-state index contributed by atoms with van der Waals surface area (Å²) in [6.45, 7) is 7.02. The van der Waals surface area contributed by atoms with Gasteiger partial charge in [0.1, 0.15) is 6.10 Å². The Balaban J connectivity index is 1.87. The third-order valence-corrected chi connectivity index (χ3v) is 4.40. The topological polar surface area (TPSA) is 81.3 Å². The van der Waals surface area contributed by atoms with Crippen molar-refractivity contribution in [2.75, 3.05) is 18.9 Å². The van der Waals surface area contributed by atoms with Crippen molar-refractivity contribution < 1.29 is 9.53 Å². The molecule has 1 fully saturated rings. The molecule has 6 heteroatoms. The molecule has 1 amide bonds. The van der Waals surface area contributed by atoms with Crippen molar-refractivity contribution in [1.82, 2.24) is 14.9 Å². The molecule has 1 aliphatic heterocycles. The third kappa shape index (κ3) is 3.10. The number of hydrogen-bond donors (Lipinski definition) is 1. The van der Waals surface area contributed by atoms with Crippen LogP contribution in [0.5, 0.6) is 0 Å². The van der Waals surface area contributed by atoms with Crippen molar-refractivity contribution in [3.8, 4) is 0 Å². The molecule has 2 aromatic rings. The van der Waals surface area contributed by atoms with Crippen molar-refractivity contribution in [3.05, 3.63) is 53.0 Å². The zero-order chi connectivity index (χ0) is 17.3. The Kier molecular flexibility index (Phi) is 4.49. The van der Waals surface area contributed by atoms with E-state index in [1.807, 2.05) is 6.92 Å². The van der Waals surface area contributed by atoms with Crippen LogP contribution in [0.3, 0.4) is 0 Å². The second kappa shape index (κ2) is 6.57. The SMILES string of the molecule is Cc1ccc(C)c(C2CN(C(=O)c3nccnc3N)C(C)CO2)c1. The summed E-state index contributed by atoms with van der Waals surface area (Å²) in [5.74, 6) is -0.0452. The molecule has 1 aromatic carbocycles. The number of aryl methyl sites for hydroxylation is 2. The summed E-state index contributed by atoms with van der Waals surface area (Å²) in [5.41, 5.74) is 9.46. The number of aromatic nitrogens is 2. The molecule has 2 atom stereocenters. The zero-order valence-corrected chi connectivity index (χ0v) is 14.2. The molecule has 1 aliphatic rings. The number of ether oxygens (including phenoxy) is 1. The van der Waals surface area contributed by atoms with Gasteiger partial charge in [0.2, 0.25) is 0 Å². The van der Waals surface area contributed by atoms with E-state index in [2.05, 4.69) is 42.0 Å². The second-order valence-electron chi connectivity index (χ2n) is 6.28. The van der Waals surface area contributed by atoms with Crippen LogP contribution in [0.4, 0.5) is 5.82 Å². The van der Waals surface area contributed by atoms with E-state index in [0.717, 1.165) is 11.1 Å². The van der Waals surface area contributed by atoms with Gasteiger partial charge in [-0.15, -0.1) is 0 Å². The first-order valence-corrected chi connectivity index (χ1v) is 8.03. The predicted molar refractivity (Wildman–Crippen MR) is 91.6 cm³/mol. The Morgan fingerprint density at radius 2 is 2.04 bits per heavy atom. The van der Waals surface area contributed by atoms with Gasteiger partial charge in [-0.3, -0.25) is 4.79 Å². The molecular weight excluding hydrogens is 304 g/mol. The smallest absolute Gasteiger partial charge is 0.276 e. The van der Waals surface area contributed by atoms with E-state index in [9.17, 15) is 4.79 Å². The van der Waals surface area contributed by atoms with Gasteiger partial charge in [-0.05, 0) is 31.9 Å². The first kappa shape index (κ1) is 16.4. The molecule has 0 bridgehead atoms. The number of morpholine rings is 1. The van der Waals surface area contributed by atoms with E-state index in [4.69, 9.17) is 10.5 Å². The highest BCUT2D eigenvalue weighted by Crippen LogP contribution is 2.29. The minimum atomic E-state index is -0.202. The van der Waals surface area contributed by atoms with Crippen LogP contribution in [0.15, 0.2) is 30.6 Å². The Morgan fingerprint density at radius 1 is 1.29 bits per heavy atom. The molecule has 2 N–H and O–H groups in total. The maximum absolute atomic E-state index is 12.8. The Hall–Kier alpha value is -2.47. The quantitative estimate of drug-likeness (QED) is 0.915. The number of nitrogen functional groups attached to an aromatic ring is 1. The molecule has 0 spiro atoms. The molecule has 1 saturated heterocycles. The number of amides is 1. The molecule has 0 aliphatic carbocycles. The van der Waals surface area contributed by atoms with E-state index < -0.39 is 0 Å². The lowest BCUT2D eigenvalue weighted by Crippen LogP contribution is -2.48. The number of anilines is 1. The fourth-order valence-electron chi connectivity index (χ4n) is 2.98. The molecule has 0 saturated carbocycles. The average Bonchev–Trinajstić information content (AvgIpc) is 2.57. The maximum Gasteiger partial charge on any atom is 0.276 e. The zero-order valence-electron chi connectivity index (χ0n) is 14.2. The average molecular weight is 326 g/mol. The number of carbonyl (C=O) groups excluding carboxylic acids is 1. The lowest BCUT2D eigenvalue weighted by molar-refractivity contribution is -0.0490. The van der Waals surface area contributed by atoms with Gasteiger partial charge in [0.25, 0.3) is 5.91 Å². The fraction of sp³-hybridized carbons (Fsp3) is 0.389. The van der Waals surface area contributed by atoms with Gasteiger partial charge in [0.05, 0.1) is 19.2 Å². The van der Waals surface area contributed by atoms with Gasteiger partial charge in [0, 0.05) is 12.4 Å². The van der Waals surface area contributed by atoms with Crippen LogP contribution >= 0.6 is 0 Å². The van der Waals surface area contributed by atoms with E-state index in [-0.39, 0.29) is 29.6 Å². The summed E-state index contributed by atoms with van der Waals surface area (Å²) >= 11 is 0. The van der Waals surface area contributed by atoms with Crippen molar-refractivity contribution in [2.45, 2.75) is 32.9 Å². The summed E-state index contributed by atoms with van der Waals surface area (Å²) in [6.07, 6.45) is 2.81. The van der Waals surface area contributed by atoms with E-state index in [1.54, 1.807) is 4.90 Å². The number of nitrogens with zero attached hydrogens (tertiary/aromatic N) is 3. The lowest BCUT2D eigenvalue weighted by atomic mass is 9.98. The summed E-state index contributed by atoms with van der Waals surface area (Å²) in [7, 11) is 0. The minimum Gasteiger partial charge on any atom is -0.382 e. The van der Waals surface area contributed by atoms with Gasteiger partial charge in [0.15, 0.2) is 11.5 Å². The molecule has 3 rings (SSSR count). The van der Waals surface area contributed by atoms with Crippen LogP contribution in [0.25, 0.3) is 0 Å². The van der Waals surface area contributed by atoms with Crippen LogP contribution in [0.1, 0.15) is 40.2 Å². The number of nitrogens with two attached hydrogens (primary N) is 1. The minimum absolute atomic E-state index is 0.0414. The Labute approximate surface area is 141 Å². The molecular formula is C18H22N4O2.